The van der Waals surface area contributed by atoms with Gasteiger partial charge in [-0.05, 0) is 49.1 Å². The summed E-state index contributed by atoms with van der Waals surface area (Å²) in [5.41, 5.74) is 3.01. The Kier molecular flexibility index (Phi) is 15.8. The number of carboxylic acid groups (broad SMARTS) is 2. The normalized spacial score (nSPS) is 10.2. The molecule has 40 heavy (non-hydrogen) atoms. The molecule has 0 heterocycles. The zero-order valence-electron chi connectivity index (χ0n) is 23.6. The molecule has 0 atom stereocenters. The van der Waals surface area contributed by atoms with Gasteiger partial charge in [0.2, 0.25) is 5.75 Å². The summed E-state index contributed by atoms with van der Waals surface area (Å²) in [7, 11) is 6.42. The smallest absolute Gasteiger partial charge is 0.328 e. The van der Waals surface area contributed by atoms with Crippen LogP contribution in [0.2, 0.25) is 0 Å². The number of carbonyl (C=O) groups is 2. The molecule has 0 unspecified atom stereocenters. The molecule has 2 aromatic carbocycles. The molecule has 0 spiro atoms. The number of hydrogen-bond donors (Lipinski definition) is 3. The van der Waals surface area contributed by atoms with Crippen molar-refractivity contribution in [1.82, 2.24) is 5.32 Å². The lowest BCUT2D eigenvalue weighted by Gasteiger charge is -2.19. The van der Waals surface area contributed by atoms with E-state index in [1.165, 1.54) is 0 Å². The lowest BCUT2D eigenvalue weighted by atomic mass is 9.98. The summed E-state index contributed by atoms with van der Waals surface area (Å²) in [4.78, 5) is 19.1. The monoisotopic (exact) mass is 558 g/mol. The van der Waals surface area contributed by atoms with Crippen molar-refractivity contribution in [2.24, 2.45) is 0 Å². The summed E-state index contributed by atoms with van der Waals surface area (Å²) in [6.45, 7) is 4.17. The minimum absolute atomic E-state index is 0.284. The molecule has 0 aliphatic heterocycles. The maximum absolute atomic E-state index is 9.55. The van der Waals surface area contributed by atoms with E-state index >= 15 is 0 Å². The van der Waals surface area contributed by atoms with Crippen LogP contribution >= 0.6 is 0 Å². The number of para-hydroxylation sites is 1. The average Bonchev–Trinajstić information content (AvgIpc) is 2.95. The van der Waals surface area contributed by atoms with Crippen molar-refractivity contribution in [2.45, 2.75) is 32.6 Å². The largest absolute Gasteiger partial charge is 0.493 e. The highest BCUT2D eigenvalue weighted by molar-refractivity contribution is 5.89. The number of aryl methyl sites for hydroxylation is 1. The Morgan fingerprint density at radius 3 is 2.08 bits per heavy atom. The minimum atomic E-state index is -1.26. The first-order valence-electron chi connectivity index (χ1n) is 12.6. The number of aliphatic carboxylic acids is 2. The molecule has 0 fully saturated rings. The van der Waals surface area contributed by atoms with Gasteiger partial charge >= 0.3 is 11.9 Å². The fourth-order valence-corrected chi connectivity index (χ4v) is 3.83. The molecule has 2 rings (SSSR count). The van der Waals surface area contributed by atoms with E-state index in [1.807, 2.05) is 18.2 Å². The summed E-state index contributed by atoms with van der Waals surface area (Å²) in [6.07, 6.45) is 3.91. The second kappa shape index (κ2) is 18.8. The minimum Gasteiger partial charge on any atom is -0.493 e. The molecule has 0 saturated carbocycles. The number of nitriles is 1. The van der Waals surface area contributed by atoms with Gasteiger partial charge in [0.25, 0.3) is 0 Å². The summed E-state index contributed by atoms with van der Waals surface area (Å²) in [5, 5.41) is 28.3. The van der Waals surface area contributed by atoms with Crippen molar-refractivity contribution in [3.63, 3.8) is 0 Å². The molecule has 0 aliphatic rings. The van der Waals surface area contributed by atoms with Gasteiger partial charge in [-0.15, -0.1) is 0 Å². The van der Waals surface area contributed by atoms with Crippen molar-refractivity contribution in [3.05, 3.63) is 53.1 Å². The van der Waals surface area contributed by atoms with Crippen LogP contribution in [0.3, 0.4) is 0 Å². The topological polar surface area (TPSA) is 157 Å². The van der Waals surface area contributed by atoms with Crippen LogP contribution in [0.1, 0.15) is 30.0 Å². The molecule has 0 saturated heterocycles. The molecule has 0 amide bonds. The first-order chi connectivity index (χ1) is 19.3. The van der Waals surface area contributed by atoms with Crippen LogP contribution in [-0.4, -0.2) is 70.3 Å². The van der Waals surface area contributed by atoms with Gasteiger partial charge < -0.3 is 39.2 Å². The molecular weight excluding hydrogens is 520 g/mol. The van der Waals surface area contributed by atoms with Crippen molar-refractivity contribution in [1.29, 1.82) is 5.26 Å². The Hall–Kier alpha value is -4.43. The van der Waals surface area contributed by atoms with Gasteiger partial charge in [0.05, 0.1) is 40.9 Å². The molecule has 11 nitrogen and oxygen atoms in total. The standard InChI is InChI=1S/C25H34N2O5.C4H4O4/c1-6-18-9-7-11-21(28-2)23(18)32-16-15-27-14-8-10-20-19(12-13-26)17-22(29-3)25(31-5)24(20)30-4;5-3(6)1-2-4(7)8/h7,9,11,17,27H,6,8,10,12,14-16H2,1-5H3;1-2H,(H,5,6)(H,7,8)/b;2-1+. The van der Waals surface area contributed by atoms with E-state index < -0.39 is 11.9 Å². The van der Waals surface area contributed by atoms with Crippen molar-refractivity contribution < 1.29 is 43.5 Å². The maximum Gasteiger partial charge on any atom is 0.328 e. The van der Waals surface area contributed by atoms with Gasteiger partial charge in [0.15, 0.2) is 23.0 Å². The third-order valence-corrected chi connectivity index (χ3v) is 5.63. The fraction of sp³-hybridized carbons (Fsp3) is 0.414. The van der Waals surface area contributed by atoms with Crippen LogP contribution in [0.15, 0.2) is 36.4 Å². The Morgan fingerprint density at radius 1 is 0.900 bits per heavy atom. The van der Waals surface area contributed by atoms with Crippen LogP contribution in [0.4, 0.5) is 0 Å². The molecule has 2 aromatic rings. The molecule has 0 radical (unpaired) electrons. The molecule has 0 aromatic heterocycles. The maximum atomic E-state index is 9.55. The van der Waals surface area contributed by atoms with Gasteiger partial charge in [-0.1, -0.05) is 19.1 Å². The third kappa shape index (κ3) is 10.7. The number of carboxylic acids is 2. The van der Waals surface area contributed by atoms with E-state index in [0.717, 1.165) is 60.5 Å². The van der Waals surface area contributed by atoms with E-state index in [9.17, 15) is 14.9 Å². The number of nitrogens with zero attached hydrogens (tertiary/aromatic N) is 1. The number of methoxy groups -OCH3 is 4. The average molecular weight is 559 g/mol. The van der Waals surface area contributed by atoms with Crippen LogP contribution < -0.4 is 29.0 Å². The predicted octanol–water partition coefficient (Wildman–Crippen LogP) is 3.66. The quantitative estimate of drug-likeness (QED) is 0.204. The van der Waals surface area contributed by atoms with E-state index in [0.29, 0.717) is 36.0 Å². The summed E-state index contributed by atoms with van der Waals surface area (Å²) >= 11 is 0. The summed E-state index contributed by atoms with van der Waals surface area (Å²) in [6, 6.07) is 10.0. The third-order valence-electron chi connectivity index (χ3n) is 5.63. The van der Waals surface area contributed by atoms with Gasteiger partial charge in [0, 0.05) is 24.3 Å². The number of rotatable bonds is 16. The molecule has 3 N–H and O–H groups in total. The van der Waals surface area contributed by atoms with Crippen LogP contribution in [0, 0.1) is 11.3 Å². The number of hydrogen-bond acceptors (Lipinski definition) is 9. The highest BCUT2D eigenvalue weighted by Gasteiger charge is 2.20. The zero-order valence-corrected chi connectivity index (χ0v) is 23.6. The van der Waals surface area contributed by atoms with Gasteiger partial charge in [-0.3, -0.25) is 0 Å². The number of ether oxygens (including phenoxy) is 5. The Balaban J connectivity index is 0.000000869. The zero-order chi connectivity index (χ0) is 29.9. The van der Waals surface area contributed by atoms with Crippen molar-refractivity contribution in [2.75, 3.05) is 48.1 Å². The van der Waals surface area contributed by atoms with Crippen LogP contribution in [-0.2, 0) is 28.9 Å². The molecular formula is C29H38N2O9. The first-order valence-corrected chi connectivity index (χ1v) is 12.6. The van der Waals surface area contributed by atoms with Crippen LogP contribution in [0.5, 0.6) is 28.7 Å². The van der Waals surface area contributed by atoms with Crippen molar-refractivity contribution in [3.8, 4) is 34.8 Å². The van der Waals surface area contributed by atoms with E-state index in [1.54, 1.807) is 28.4 Å². The second-order valence-electron chi connectivity index (χ2n) is 8.13. The lowest BCUT2D eigenvalue weighted by molar-refractivity contribution is -0.134. The fourth-order valence-electron chi connectivity index (χ4n) is 3.83. The summed E-state index contributed by atoms with van der Waals surface area (Å²) in [5.74, 6) is 0.807. The Morgan fingerprint density at radius 2 is 1.55 bits per heavy atom. The van der Waals surface area contributed by atoms with E-state index in [4.69, 9.17) is 33.9 Å². The van der Waals surface area contributed by atoms with Gasteiger partial charge in [-0.25, -0.2) is 9.59 Å². The highest BCUT2D eigenvalue weighted by atomic mass is 16.5. The van der Waals surface area contributed by atoms with Crippen molar-refractivity contribution >= 4 is 11.9 Å². The molecule has 0 bridgehead atoms. The Labute approximate surface area is 234 Å². The predicted molar refractivity (Wildman–Crippen MR) is 149 cm³/mol. The first kappa shape index (κ1) is 33.6. The number of nitrogens with one attached hydrogen (secondary N) is 1. The van der Waals surface area contributed by atoms with Gasteiger partial charge in [0.1, 0.15) is 6.61 Å². The number of benzene rings is 2. The Bertz CT molecular complexity index is 1130. The SMILES string of the molecule is CCc1cccc(OC)c1OCCNCCCc1c(CC#N)cc(OC)c(OC)c1OC.O=C(O)/C=C/C(=O)O. The molecule has 0 aliphatic carbocycles. The van der Waals surface area contributed by atoms with Crippen LogP contribution in [0.25, 0.3) is 0 Å². The molecule has 218 valence electrons. The van der Waals surface area contributed by atoms with E-state index in [-0.39, 0.29) is 6.42 Å². The lowest BCUT2D eigenvalue weighted by Crippen LogP contribution is -2.23. The van der Waals surface area contributed by atoms with Gasteiger partial charge in [-0.2, -0.15) is 5.26 Å². The van der Waals surface area contributed by atoms with E-state index in [2.05, 4.69) is 24.4 Å². The highest BCUT2D eigenvalue weighted by Crippen LogP contribution is 2.42. The molecule has 11 heteroatoms. The second-order valence-corrected chi connectivity index (χ2v) is 8.13. The summed E-state index contributed by atoms with van der Waals surface area (Å²) < 4.78 is 27.9.